The van der Waals surface area contributed by atoms with Crippen LogP contribution in [-0.4, -0.2) is 62.3 Å². The number of alkyl halides is 3. The molecule has 0 radical (unpaired) electrons. The number of rotatable bonds is 5. The first-order valence-corrected chi connectivity index (χ1v) is 12.1. The number of amides is 3. The van der Waals surface area contributed by atoms with Crippen molar-refractivity contribution in [2.75, 3.05) is 13.1 Å². The van der Waals surface area contributed by atoms with E-state index in [0.717, 1.165) is 4.57 Å². The Morgan fingerprint density at radius 1 is 1.05 bits per heavy atom. The Bertz CT molecular complexity index is 1380. The third-order valence-corrected chi connectivity index (χ3v) is 6.20. The summed E-state index contributed by atoms with van der Waals surface area (Å²) in [4.78, 5) is 42.6. The Morgan fingerprint density at radius 3 is 2.33 bits per heavy atom. The number of carbonyl (C=O) groups is 3. The van der Waals surface area contributed by atoms with Crippen LogP contribution in [0.5, 0.6) is 0 Å². The van der Waals surface area contributed by atoms with Crippen molar-refractivity contribution in [3.05, 3.63) is 65.5 Å². The number of halogens is 3. The molecule has 3 amide bonds. The third kappa shape index (κ3) is 6.30. The Kier molecular flexibility index (Phi) is 7.55. The molecule has 2 atom stereocenters. The highest BCUT2D eigenvalue weighted by molar-refractivity contribution is 5.95. The van der Waals surface area contributed by atoms with Gasteiger partial charge in [-0.25, -0.2) is 15.3 Å². The summed E-state index contributed by atoms with van der Waals surface area (Å²) >= 11 is 0. The minimum atomic E-state index is -4.65. The van der Waals surface area contributed by atoms with E-state index in [4.69, 9.17) is 9.94 Å². The second-order valence-corrected chi connectivity index (χ2v) is 10.3. The Morgan fingerprint density at radius 2 is 1.72 bits per heavy atom. The average molecular weight is 548 g/mol. The molecule has 1 aromatic heterocycles. The quantitative estimate of drug-likeness (QED) is 0.331. The smallest absolute Gasteiger partial charge is 0.444 e. The van der Waals surface area contributed by atoms with E-state index in [2.05, 4.69) is 10.3 Å². The van der Waals surface area contributed by atoms with Crippen LogP contribution in [-0.2, 0) is 22.3 Å². The molecule has 4 rings (SSSR count). The lowest BCUT2D eigenvalue weighted by Gasteiger charge is -2.24. The number of ether oxygens (including phenoxy) is 1. The maximum Gasteiger partial charge on any atom is 0.449 e. The molecule has 0 saturated carbocycles. The lowest BCUT2D eigenvalue weighted by Crippen LogP contribution is -2.45. The van der Waals surface area contributed by atoms with Gasteiger partial charge in [0, 0.05) is 25.2 Å². The molecule has 0 bridgehead atoms. The van der Waals surface area contributed by atoms with Gasteiger partial charge >= 0.3 is 12.3 Å². The van der Waals surface area contributed by atoms with Gasteiger partial charge in [0.1, 0.15) is 5.60 Å². The fourth-order valence-electron chi connectivity index (χ4n) is 4.42. The molecule has 1 saturated heterocycles. The summed E-state index contributed by atoms with van der Waals surface area (Å²) in [5.74, 6) is -3.28. The first-order valence-electron chi connectivity index (χ1n) is 12.1. The van der Waals surface area contributed by atoms with Gasteiger partial charge in [-0.15, -0.1) is 0 Å². The van der Waals surface area contributed by atoms with E-state index in [9.17, 15) is 27.6 Å². The predicted molar refractivity (Wildman–Crippen MR) is 133 cm³/mol. The molecule has 2 heterocycles. The van der Waals surface area contributed by atoms with Gasteiger partial charge in [-0.3, -0.25) is 14.8 Å². The fourth-order valence-corrected chi connectivity index (χ4v) is 4.42. The summed E-state index contributed by atoms with van der Waals surface area (Å²) in [6.07, 6.45) is -5.31. The zero-order valence-corrected chi connectivity index (χ0v) is 21.5. The summed E-state index contributed by atoms with van der Waals surface area (Å²) in [7, 11) is 0. The Hall–Kier alpha value is -4.13. The topological polar surface area (TPSA) is 126 Å². The fraction of sp³-hybridized carbons (Fsp3) is 0.385. The molecule has 10 nitrogen and oxygen atoms in total. The van der Waals surface area contributed by atoms with E-state index in [0.29, 0.717) is 11.1 Å². The number of hydrogen-bond acceptors (Lipinski definition) is 6. The highest BCUT2D eigenvalue weighted by Crippen LogP contribution is 2.32. The Balaban J connectivity index is 1.49. The van der Waals surface area contributed by atoms with Crippen LogP contribution >= 0.6 is 0 Å². The van der Waals surface area contributed by atoms with Crippen molar-refractivity contribution in [3.8, 4) is 0 Å². The first kappa shape index (κ1) is 27.9. The number of para-hydroxylation sites is 2. The predicted octanol–water partition coefficient (Wildman–Crippen LogP) is 3.57. The van der Waals surface area contributed by atoms with Gasteiger partial charge < -0.3 is 19.5 Å². The molecule has 1 aliphatic rings. The molecular formula is C26H28F3N5O5. The normalized spacial score (nSPS) is 17.8. The van der Waals surface area contributed by atoms with Crippen molar-refractivity contribution in [2.24, 2.45) is 5.92 Å². The van der Waals surface area contributed by atoms with Gasteiger partial charge in [0.05, 0.1) is 23.0 Å². The molecule has 39 heavy (non-hydrogen) atoms. The van der Waals surface area contributed by atoms with E-state index in [1.807, 2.05) is 0 Å². The minimum absolute atomic E-state index is 0.0231. The number of carbonyl (C=O) groups excluding carboxylic acids is 3. The van der Waals surface area contributed by atoms with Gasteiger partial charge in [-0.05, 0) is 50.6 Å². The minimum Gasteiger partial charge on any atom is -0.444 e. The number of aromatic nitrogens is 2. The molecule has 3 aromatic rings. The van der Waals surface area contributed by atoms with Crippen LogP contribution in [0.1, 0.15) is 42.5 Å². The van der Waals surface area contributed by atoms with Crippen molar-refractivity contribution in [1.82, 2.24) is 25.2 Å². The van der Waals surface area contributed by atoms with E-state index in [1.54, 1.807) is 44.5 Å². The Labute approximate surface area is 221 Å². The van der Waals surface area contributed by atoms with Crippen molar-refractivity contribution in [1.29, 1.82) is 0 Å². The second-order valence-electron chi connectivity index (χ2n) is 10.3. The molecular weight excluding hydrogens is 519 g/mol. The number of nitrogens with zero attached hydrogens (tertiary/aromatic N) is 3. The molecule has 2 aromatic carbocycles. The largest absolute Gasteiger partial charge is 0.449 e. The van der Waals surface area contributed by atoms with Crippen molar-refractivity contribution in [3.63, 3.8) is 0 Å². The number of benzene rings is 2. The van der Waals surface area contributed by atoms with Gasteiger partial charge in [0.25, 0.3) is 5.91 Å². The standard InChI is InChI=1S/C26H28F3N5O5/c1-25(2,3)39-24(37)33-13-17(22(36)32-38)19(14-33)30-21(35)16-10-8-15(9-11-16)12-34-20-7-5-4-6-18(20)31-23(34)26(27,28)29/h4-11,17,19,38H,12-14H2,1-3H3,(H,30,35)(H,32,36)/t17-,19+/m0/s1. The van der Waals surface area contributed by atoms with E-state index >= 15 is 0 Å². The van der Waals surface area contributed by atoms with Crippen molar-refractivity contribution in [2.45, 2.75) is 45.1 Å². The lowest BCUT2D eigenvalue weighted by molar-refractivity contribution is -0.146. The van der Waals surface area contributed by atoms with Gasteiger partial charge in [0.2, 0.25) is 11.7 Å². The number of fused-ring (bicyclic) bond motifs is 1. The van der Waals surface area contributed by atoms with Gasteiger partial charge in [-0.1, -0.05) is 24.3 Å². The molecule has 0 unspecified atom stereocenters. The zero-order chi connectivity index (χ0) is 28.5. The average Bonchev–Trinajstić information content (AvgIpc) is 3.45. The highest BCUT2D eigenvalue weighted by atomic mass is 19.4. The van der Waals surface area contributed by atoms with Crippen molar-refractivity contribution < 1.29 is 37.5 Å². The summed E-state index contributed by atoms with van der Waals surface area (Å²) in [6, 6.07) is 11.5. The van der Waals surface area contributed by atoms with Crippen molar-refractivity contribution >= 4 is 28.9 Å². The van der Waals surface area contributed by atoms with Crippen LogP contribution in [0, 0.1) is 5.92 Å². The number of hydrogen-bond donors (Lipinski definition) is 3. The van der Waals surface area contributed by atoms with Crippen LogP contribution in [0.4, 0.5) is 18.0 Å². The summed E-state index contributed by atoms with van der Waals surface area (Å²) in [6.45, 7) is 4.86. The number of hydroxylamine groups is 1. The molecule has 1 fully saturated rings. The van der Waals surface area contributed by atoms with Crippen LogP contribution in [0.2, 0.25) is 0 Å². The lowest BCUT2D eigenvalue weighted by atomic mass is 10.0. The SMILES string of the molecule is CC(C)(C)OC(=O)N1C[C@H](C(=O)NO)[C@H](NC(=O)c2ccc(Cn3c(C(F)(F)F)nc4ccccc43)cc2)C1. The summed E-state index contributed by atoms with van der Waals surface area (Å²) in [5, 5.41) is 11.8. The molecule has 1 aliphatic heterocycles. The first-order chi connectivity index (χ1) is 18.3. The maximum atomic E-state index is 13.6. The molecule has 208 valence electrons. The van der Waals surface area contributed by atoms with Gasteiger partial charge in [-0.2, -0.15) is 13.2 Å². The molecule has 0 aliphatic carbocycles. The van der Waals surface area contributed by atoms with Crippen LogP contribution < -0.4 is 10.8 Å². The van der Waals surface area contributed by atoms with E-state index in [-0.39, 0.29) is 30.7 Å². The van der Waals surface area contributed by atoms with E-state index in [1.165, 1.54) is 35.2 Å². The molecule has 3 N–H and O–H groups in total. The summed E-state index contributed by atoms with van der Waals surface area (Å²) in [5.41, 5.74) is 2.05. The maximum absolute atomic E-state index is 13.6. The van der Waals surface area contributed by atoms with Crippen LogP contribution in [0.3, 0.4) is 0 Å². The highest BCUT2D eigenvalue weighted by Gasteiger charge is 2.42. The summed E-state index contributed by atoms with van der Waals surface area (Å²) < 4.78 is 47.3. The van der Waals surface area contributed by atoms with Gasteiger partial charge in [0.15, 0.2) is 0 Å². The number of nitrogens with one attached hydrogen (secondary N) is 2. The van der Waals surface area contributed by atoms with Crippen LogP contribution in [0.25, 0.3) is 11.0 Å². The molecule has 0 spiro atoms. The molecule has 13 heteroatoms. The number of imidazole rings is 1. The number of likely N-dealkylation sites (tertiary alicyclic amines) is 1. The second kappa shape index (κ2) is 10.6. The van der Waals surface area contributed by atoms with E-state index < -0.39 is 47.5 Å². The third-order valence-electron chi connectivity index (χ3n) is 6.20. The van der Waals surface area contributed by atoms with Crippen LogP contribution in [0.15, 0.2) is 48.5 Å². The monoisotopic (exact) mass is 547 g/mol. The zero-order valence-electron chi connectivity index (χ0n) is 21.5.